The van der Waals surface area contributed by atoms with Crippen LogP contribution in [0.2, 0.25) is 0 Å². The van der Waals surface area contributed by atoms with Crippen LogP contribution in [0.3, 0.4) is 0 Å². The average molecular weight is 473 g/mol. The molecule has 3 nitrogen and oxygen atoms in total. The van der Waals surface area contributed by atoms with E-state index in [0.717, 1.165) is 39.5 Å². The summed E-state index contributed by atoms with van der Waals surface area (Å²) in [6.07, 6.45) is 1.81. The zero-order valence-corrected chi connectivity index (χ0v) is 19.3. The molecule has 31 heavy (non-hydrogen) atoms. The second-order valence-electron chi connectivity index (χ2n) is 7.98. The van der Waals surface area contributed by atoms with Crippen molar-refractivity contribution in [1.29, 1.82) is 0 Å². The van der Waals surface area contributed by atoms with E-state index < -0.39 is 0 Å². The van der Waals surface area contributed by atoms with Gasteiger partial charge in [-0.15, -0.1) is 0 Å². The second-order valence-corrected chi connectivity index (χ2v) is 8.90. The molecular weight excluding hydrogens is 448 g/mol. The van der Waals surface area contributed by atoms with E-state index in [4.69, 9.17) is 4.98 Å². The maximum atomic E-state index is 13.3. The van der Waals surface area contributed by atoms with Gasteiger partial charge in [-0.1, -0.05) is 76.1 Å². The molecule has 1 N–H and O–H groups in total. The van der Waals surface area contributed by atoms with Crippen LogP contribution in [0.4, 0.5) is 0 Å². The number of aromatic nitrogens is 1. The molecule has 0 bridgehead atoms. The van der Waals surface area contributed by atoms with E-state index >= 15 is 0 Å². The maximum Gasteiger partial charge on any atom is 0.252 e. The van der Waals surface area contributed by atoms with Crippen LogP contribution in [0.25, 0.3) is 22.2 Å². The fourth-order valence-electron chi connectivity index (χ4n) is 3.66. The van der Waals surface area contributed by atoms with Crippen molar-refractivity contribution < 1.29 is 4.79 Å². The number of hydrogen-bond donors (Lipinski definition) is 1. The largest absolute Gasteiger partial charge is 0.350 e. The number of carbonyl (C=O) groups is 1. The number of halogens is 1. The Kier molecular flexibility index (Phi) is 6.47. The van der Waals surface area contributed by atoms with E-state index in [2.05, 4.69) is 59.4 Å². The Hall–Kier alpha value is -2.98. The highest BCUT2D eigenvalue weighted by Crippen LogP contribution is 2.27. The summed E-state index contributed by atoms with van der Waals surface area (Å²) in [5.74, 6) is -0.0700. The fraction of sp³-hybridized carbons (Fsp3) is 0.185. The molecule has 156 valence electrons. The molecule has 0 saturated heterocycles. The van der Waals surface area contributed by atoms with Gasteiger partial charge in [0.1, 0.15) is 0 Å². The molecule has 4 aromatic rings. The van der Waals surface area contributed by atoms with Crippen molar-refractivity contribution in [3.8, 4) is 11.3 Å². The lowest BCUT2D eigenvalue weighted by Gasteiger charge is -2.16. The Bertz CT molecular complexity index is 1200. The molecule has 0 saturated carbocycles. The molecule has 0 fully saturated rings. The zero-order valence-electron chi connectivity index (χ0n) is 17.7. The third-order valence-electron chi connectivity index (χ3n) is 5.45. The Morgan fingerprint density at radius 2 is 1.74 bits per heavy atom. The minimum atomic E-state index is -0.0700. The number of pyridine rings is 1. The summed E-state index contributed by atoms with van der Waals surface area (Å²) >= 11 is 3.53. The Balaban J connectivity index is 1.62. The van der Waals surface area contributed by atoms with Crippen LogP contribution < -0.4 is 5.32 Å². The summed E-state index contributed by atoms with van der Waals surface area (Å²) in [6, 6.07) is 26.4. The van der Waals surface area contributed by atoms with Gasteiger partial charge in [-0.3, -0.25) is 4.79 Å². The summed E-state index contributed by atoms with van der Waals surface area (Å²) in [5, 5.41) is 4.03. The lowest BCUT2D eigenvalue weighted by Crippen LogP contribution is -2.33. The number of benzene rings is 3. The molecule has 1 amide bonds. The predicted molar refractivity (Wildman–Crippen MR) is 131 cm³/mol. The first-order valence-corrected chi connectivity index (χ1v) is 11.3. The van der Waals surface area contributed by atoms with E-state index in [1.165, 1.54) is 11.1 Å². The molecule has 0 aliphatic heterocycles. The lowest BCUT2D eigenvalue weighted by atomic mass is 10.0. The van der Waals surface area contributed by atoms with Crippen LogP contribution in [0.15, 0.2) is 83.3 Å². The topological polar surface area (TPSA) is 42.0 Å². The van der Waals surface area contributed by atoms with Crippen LogP contribution in [0, 0.1) is 6.92 Å². The third-order valence-corrected chi connectivity index (χ3v) is 5.94. The van der Waals surface area contributed by atoms with Gasteiger partial charge in [-0.05, 0) is 56.5 Å². The third kappa shape index (κ3) is 5.20. The lowest BCUT2D eigenvalue weighted by molar-refractivity contribution is 0.0940. The monoisotopic (exact) mass is 472 g/mol. The van der Waals surface area contributed by atoms with Gasteiger partial charge in [0.15, 0.2) is 0 Å². The molecular formula is C27H25BrN2O. The number of nitrogens with one attached hydrogen (secondary N) is 1. The maximum absolute atomic E-state index is 13.3. The van der Waals surface area contributed by atoms with Crippen molar-refractivity contribution in [2.45, 2.75) is 32.7 Å². The molecule has 4 rings (SSSR count). The molecule has 1 aromatic heterocycles. The Labute approximate surface area is 191 Å². The Morgan fingerprint density at radius 1 is 1.00 bits per heavy atom. The quantitative estimate of drug-likeness (QED) is 0.338. The Morgan fingerprint density at radius 3 is 2.48 bits per heavy atom. The summed E-state index contributed by atoms with van der Waals surface area (Å²) < 4.78 is 0.927. The highest BCUT2D eigenvalue weighted by Gasteiger charge is 2.16. The number of aryl methyl sites for hydroxylation is 2. The highest BCUT2D eigenvalue weighted by molar-refractivity contribution is 9.10. The molecule has 0 aliphatic rings. The summed E-state index contributed by atoms with van der Waals surface area (Å²) in [4.78, 5) is 18.1. The van der Waals surface area contributed by atoms with Gasteiger partial charge < -0.3 is 5.32 Å². The van der Waals surface area contributed by atoms with E-state index in [9.17, 15) is 4.79 Å². The van der Waals surface area contributed by atoms with E-state index in [1.807, 2.05) is 54.6 Å². The molecule has 1 unspecified atom stereocenters. The van der Waals surface area contributed by atoms with E-state index in [-0.39, 0.29) is 11.9 Å². The van der Waals surface area contributed by atoms with Gasteiger partial charge in [-0.2, -0.15) is 0 Å². The fourth-order valence-corrected chi connectivity index (χ4v) is 4.02. The molecule has 1 heterocycles. The normalized spacial score (nSPS) is 12.0. The smallest absolute Gasteiger partial charge is 0.252 e. The highest BCUT2D eigenvalue weighted by atomic mass is 79.9. The number of carbonyl (C=O) groups excluding carboxylic acids is 1. The predicted octanol–water partition coefficient (Wildman–Crippen LogP) is 6.72. The van der Waals surface area contributed by atoms with Crippen LogP contribution in [-0.2, 0) is 6.42 Å². The van der Waals surface area contributed by atoms with Crippen molar-refractivity contribution in [2.24, 2.45) is 0 Å². The van der Waals surface area contributed by atoms with E-state index in [0.29, 0.717) is 5.56 Å². The SMILES string of the molecule is Cc1ccc(-c2cc(C(=O)NC(C)CCc3ccccc3)c3cc(Br)ccc3n2)cc1. The summed E-state index contributed by atoms with van der Waals surface area (Å²) in [5.41, 5.74) is 5.73. The van der Waals surface area contributed by atoms with Gasteiger partial charge in [0.2, 0.25) is 0 Å². The van der Waals surface area contributed by atoms with Gasteiger partial charge in [0, 0.05) is 21.5 Å². The van der Waals surface area contributed by atoms with E-state index in [1.54, 1.807) is 0 Å². The van der Waals surface area contributed by atoms with Crippen molar-refractivity contribution in [2.75, 3.05) is 0 Å². The first-order valence-electron chi connectivity index (χ1n) is 10.5. The standard InChI is InChI=1S/C27H25BrN2O/c1-18-8-12-21(13-9-18)26-17-24(23-16-22(28)14-15-25(23)30-26)27(31)29-19(2)10-11-20-6-4-3-5-7-20/h3-9,12-17,19H,10-11H2,1-2H3,(H,29,31). The number of nitrogens with zero attached hydrogens (tertiary/aromatic N) is 1. The van der Waals surface area contributed by atoms with Crippen molar-refractivity contribution in [3.63, 3.8) is 0 Å². The first kappa shape index (κ1) is 21.3. The summed E-state index contributed by atoms with van der Waals surface area (Å²) in [6.45, 7) is 4.12. The van der Waals surface area contributed by atoms with Crippen molar-refractivity contribution in [3.05, 3.63) is 100 Å². The van der Waals surface area contributed by atoms with Crippen molar-refractivity contribution >= 4 is 32.7 Å². The van der Waals surface area contributed by atoms with Crippen LogP contribution in [-0.4, -0.2) is 16.9 Å². The molecule has 0 aliphatic carbocycles. The minimum absolute atomic E-state index is 0.0610. The van der Waals surface area contributed by atoms with Gasteiger partial charge in [0.05, 0.1) is 16.8 Å². The van der Waals surface area contributed by atoms with Gasteiger partial charge in [0.25, 0.3) is 5.91 Å². The van der Waals surface area contributed by atoms with Crippen LogP contribution in [0.1, 0.15) is 34.8 Å². The van der Waals surface area contributed by atoms with Gasteiger partial charge >= 0.3 is 0 Å². The van der Waals surface area contributed by atoms with Gasteiger partial charge in [-0.25, -0.2) is 4.98 Å². The second kappa shape index (κ2) is 9.44. The minimum Gasteiger partial charge on any atom is -0.350 e. The van der Waals surface area contributed by atoms with Crippen LogP contribution in [0.5, 0.6) is 0 Å². The number of rotatable bonds is 6. The molecule has 1 atom stereocenters. The number of fused-ring (bicyclic) bond motifs is 1. The molecule has 4 heteroatoms. The number of hydrogen-bond acceptors (Lipinski definition) is 2. The molecule has 0 radical (unpaired) electrons. The van der Waals surface area contributed by atoms with Crippen molar-refractivity contribution in [1.82, 2.24) is 10.3 Å². The first-order chi connectivity index (χ1) is 15.0. The number of amides is 1. The van der Waals surface area contributed by atoms with Crippen LogP contribution >= 0.6 is 15.9 Å². The molecule has 0 spiro atoms. The summed E-state index contributed by atoms with van der Waals surface area (Å²) in [7, 11) is 0. The zero-order chi connectivity index (χ0) is 21.8. The molecule has 3 aromatic carbocycles. The average Bonchev–Trinajstić information content (AvgIpc) is 2.78.